The fourth-order valence-electron chi connectivity index (χ4n) is 9.29. The van der Waals surface area contributed by atoms with E-state index in [0.717, 1.165) is 38.9 Å². The molecule has 2 aliphatic rings. The molecule has 0 unspecified atom stereocenters. The number of fused-ring (bicyclic) bond motifs is 1. The minimum Gasteiger partial charge on any atom is -0.308 e. The van der Waals surface area contributed by atoms with Gasteiger partial charge >= 0.3 is 0 Å². The van der Waals surface area contributed by atoms with Crippen LogP contribution < -0.4 is 4.90 Å². The van der Waals surface area contributed by atoms with Crippen LogP contribution in [0.15, 0.2) is 158 Å². The average Bonchev–Trinajstić information content (AvgIpc) is 3.84. The lowest BCUT2D eigenvalue weighted by Crippen LogP contribution is -2.33. The Morgan fingerprint density at radius 1 is 0.491 bits per heavy atom. The highest BCUT2D eigenvalue weighted by atomic mass is 32.1. The van der Waals surface area contributed by atoms with Gasteiger partial charge in [-0.25, -0.2) is 0 Å². The normalized spacial score (nSPS) is 14.5. The number of hydrogen-bond acceptors (Lipinski definition) is 4. The summed E-state index contributed by atoms with van der Waals surface area (Å²) in [5, 5.41) is 3.84. The van der Waals surface area contributed by atoms with Crippen LogP contribution in [0.4, 0.5) is 16.4 Å². The highest BCUT2D eigenvalue weighted by molar-refractivity contribution is 7.19. The lowest BCUT2D eigenvalue weighted by molar-refractivity contribution is 0.594. The molecular formula is C50H38N4S. The molecule has 0 fully saturated rings. The van der Waals surface area contributed by atoms with Crippen molar-refractivity contribution in [2.45, 2.75) is 38.5 Å². The maximum absolute atomic E-state index is 4.68. The van der Waals surface area contributed by atoms with Crippen LogP contribution in [0.3, 0.4) is 0 Å². The van der Waals surface area contributed by atoms with Gasteiger partial charge in [0.25, 0.3) is 0 Å². The van der Waals surface area contributed by atoms with E-state index in [2.05, 4.69) is 168 Å². The molecule has 264 valence electrons. The first-order valence-electron chi connectivity index (χ1n) is 19.0. The van der Waals surface area contributed by atoms with Gasteiger partial charge in [0.1, 0.15) is 5.00 Å². The summed E-state index contributed by atoms with van der Waals surface area (Å²) in [7, 11) is 0. The van der Waals surface area contributed by atoms with Crippen molar-refractivity contribution in [2.75, 3.05) is 4.90 Å². The summed E-state index contributed by atoms with van der Waals surface area (Å²) in [5.74, 6) is 0. The fraction of sp³-hybridized carbons (Fsp3) is 0.120. The topological polar surface area (TPSA) is 34.0 Å². The second-order valence-electron chi connectivity index (χ2n) is 15.9. The van der Waals surface area contributed by atoms with Crippen molar-refractivity contribution in [3.8, 4) is 38.6 Å². The Kier molecular flexibility index (Phi) is 6.78. The van der Waals surface area contributed by atoms with Gasteiger partial charge in [0.05, 0.1) is 28.1 Å². The van der Waals surface area contributed by atoms with Gasteiger partial charge in [0.15, 0.2) is 0 Å². The smallest absolute Gasteiger partial charge is 0.101 e. The third kappa shape index (κ3) is 4.63. The summed E-state index contributed by atoms with van der Waals surface area (Å²) in [6, 6.07) is 53.0. The number of pyridine rings is 2. The molecule has 5 aromatic carbocycles. The molecular weight excluding hydrogens is 689 g/mol. The van der Waals surface area contributed by atoms with Gasteiger partial charge in [0.2, 0.25) is 0 Å². The van der Waals surface area contributed by atoms with Gasteiger partial charge < -0.3 is 9.47 Å². The Bertz CT molecular complexity index is 2810. The fourth-order valence-corrected chi connectivity index (χ4v) is 10.3. The molecule has 6 heterocycles. The summed E-state index contributed by atoms with van der Waals surface area (Å²) < 4.78 is 2.60. The van der Waals surface area contributed by atoms with E-state index in [1.165, 1.54) is 60.2 Å². The number of thiophene rings is 1. The summed E-state index contributed by atoms with van der Waals surface area (Å²) in [6.07, 6.45) is 3.71. The van der Waals surface area contributed by atoms with Crippen molar-refractivity contribution in [1.82, 2.24) is 14.5 Å². The minimum atomic E-state index is -0.179. The average molecular weight is 727 g/mol. The summed E-state index contributed by atoms with van der Waals surface area (Å²) >= 11 is 1.84. The number of rotatable bonds is 6. The zero-order chi connectivity index (χ0) is 37.1. The standard InChI is InChI=1S/C50H38N4S/c1-49(2)38-19-11-17-36-37-18-12-20-39-47(37)54(46(36)38)48-40(49)29-33(30-41(48)50(39,3)4)44-23-24-45(55-44)53(34-15-9-13-31(27-34)42-21-5-7-25-51-42)35-16-10-14-32(28-35)43-22-6-8-26-52-43/h5-30H,1-4H3. The molecule has 0 saturated heterocycles. The molecule has 4 aromatic heterocycles. The monoisotopic (exact) mass is 726 g/mol. The van der Waals surface area contributed by atoms with E-state index in [1.54, 1.807) is 0 Å². The zero-order valence-electron chi connectivity index (χ0n) is 31.2. The number of anilines is 3. The van der Waals surface area contributed by atoms with Gasteiger partial charge in [-0.1, -0.05) is 100 Å². The van der Waals surface area contributed by atoms with E-state index < -0.39 is 0 Å². The highest BCUT2D eigenvalue weighted by Gasteiger charge is 2.43. The maximum Gasteiger partial charge on any atom is 0.101 e. The molecule has 0 saturated carbocycles. The molecule has 0 bridgehead atoms. The van der Waals surface area contributed by atoms with Crippen LogP contribution in [0.25, 0.3) is 60.4 Å². The van der Waals surface area contributed by atoms with Crippen LogP contribution in [0.1, 0.15) is 49.9 Å². The molecule has 0 amide bonds. The van der Waals surface area contributed by atoms with E-state index in [0.29, 0.717) is 0 Å². The molecule has 4 nitrogen and oxygen atoms in total. The number of hydrogen-bond donors (Lipinski definition) is 0. The van der Waals surface area contributed by atoms with E-state index in [1.807, 2.05) is 48.0 Å². The Hall–Kier alpha value is -6.30. The second-order valence-corrected chi connectivity index (χ2v) is 17.0. The van der Waals surface area contributed by atoms with Gasteiger partial charge in [-0.3, -0.25) is 9.97 Å². The largest absolute Gasteiger partial charge is 0.308 e. The highest BCUT2D eigenvalue weighted by Crippen LogP contribution is 2.56. The molecule has 0 atom stereocenters. The van der Waals surface area contributed by atoms with E-state index in [-0.39, 0.29) is 10.8 Å². The predicted octanol–water partition coefficient (Wildman–Crippen LogP) is 13.4. The molecule has 9 aromatic rings. The molecule has 5 heteroatoms. The number of nitrogens with zero attached hydrogens (tertiary/aromatic N) is 4. The second kappa shape index (κ2) is 11.6. The van der Waals surface area contributed by atoms with Gasteiger partial charge in [-0.2, -0.15) is 0 Å². The predicted molar refractivity (Wildman–Crippen MR) is 229 cm³/mol. The van der Waals surface area contributed by atoms with Crippen LogP contribution >= 0.6 is 11.3 Å². The van der Waals surface area contributed by atoms with Gasteiger partial charge in [0, 0.05) is 61.4 Å². The quantitative estimate of drug-likeness (QED) is 0.171. The maximum atomic E-state index is 4.68. The van der Waals surface area contributed by atoms with E-state index in [9.17, 15) is 0 Å². The third-order valence-electron chi connectivity index (χ3n) is 12.1. The SMILES string of the molecule is CC1(C)c2cc(-c3ccc(N(c4cccc(-c5ccccn5)c4)c4cccc(-c5ccccn5)c4)s3)cc3c2-n2c4c1cccc4c1cccc(c12)C3(C)C. The molecule has 0 aliphatic carbocycles. The Morgan fingerprint density at radius 2 is 1.02 bits per heavy atom. The Balaban J connectivity index is 1.10. The summed E-state index contributed by atoms with van der Waals surface area (Å²) in [5.41, 5.74) is 16.8. The van der Waals surface area contributed by atoms with Crippen LogP contribution in [0, 0.1) is 0 Å². The molecule has 0 radical (unpaired) electrons. The molecule has 0 N–H and O–H groups in total. The van der Waals surface area contributed by atoms with Gasteiger partial charge in [-0.05, 0) is 101 Å². The van der Waals surface area contributed by atoms with Crippen molar-refractivity contribution in [1.29, 1.82) is 0 Å². The lowest BCUT2D eigenvalue weighted by Gasteiger charge is -2.42. The summed E-state index contributed by atoms with van der Waals surface area (Å²) in [4.78, 5) is 13.0. The van der Waals surface area contributed by atoms with Crippen molar-refractivity contribution in [3.05, 3.63) is 180 Å². The van der Waals surface area contributed by atoms with Crippen LogP contribution in [-0.4, -0.2) is 14.5 Å². The lowest BCUT2D eigenvalue weighted by atomic mass is 9.68. The number of benzene rings is 5. The van der Waals surface area contributed by atoms with Crippen molar-refractivity contribution in [3.63, 3.8) is 0 Å². The molecule has 11 rings (SSSR count). The molecule has 0 spiro atoms. The van der Waals surface area contributed by atoms with Crippen molar-refractivity contribution in [2.24, 2.45) is 0 Å². The van der Waals surface area contributed by atoms with Crippen LogP contribution in [0.2, 0.25) is 0 Å². The molecule has 2 aliphatic heterocycles. The van der Waals surface area contributed by atoms with Gasteiger partial charge in [-0.15, -0.1) is 11.3 Å². The third-order valence-corrected chi connectivity index (χ3v) is 13.2. The summed E-state index contributed by atoms with van der Waals surface area (Å²) in [6.45, 7) is 9.65. The Morgan fingerprint density at radius 3 is 1.53 bits per heavy atom. The zero-order valence-corrected chi connectivity index (χ0v) is 32.0. The number of aromatic nitrogens is 3. The van der Waals surface area contributed by atoms with Crippen LogP contribution in [0.5, 0.6) is 0 Å². The van der Waals surface area contributed by atoms with Crippen LogP contribution in [-0.2, 0) is 10.8 Å². The Labute approximate surface area is 325 Å². The van der Waals surface area contributed by atoms with Crippen molar-refractivity contribution >= 4 is 49.5 Å². The first-order valence-corrected chi connectivity index (χ1v) is 19.8. The van der Waals surface area contributed by atoms with Crippen molar-refractivity contribution < 1.29 is 0 Å². The number of para-hydroxylation sites is 2. The van der Waals surface area contributed by atoms with E-state index >= 15 is 0 Å². The minimum absolute atomic E-state index is 0.179. The van der Waals surface area contributed by atoms with E-state index in [4.69, 9.17) is 0 Å². The first kappa shape index (κ1) is 32.2. The first-order chi connectivity index (χ1) is 26.8. The molecule has 55 heavy (non-hydrogen) atoms.